The van der Waals surface area contributed by atoms with Crippen LogP contribution >= 0.6 is 0 Å². The number of urea groups is 1. The fraction of sp³-hybridized carbons (Fsp3) is 0.0435. The maximum atomic E-state index is 12.4. The second-order valence-electron chi connectivity index (χ2n) is 6.50. The van der Waals surface area contributed by atoms with E-state index in [1.54, 1.807) is 24.3 Å². The van der Waals surface area contributed by atoms with Crippen molar-refractivity contribution in [2.24, 2.45) is 0 Å². The molecule has 0 fully saturated rings. The average molecular weight is 385 g/mol. The largest absolute Gasteiger partial charge is 0.465 e. The lowest BCUT2D eigenvalue weighted by Gasteiger charge is -2.09. The summed E-state index contributed by atoms with van der Waals surface area (Å²) < 4.78 is 4.70. The summed E-state index contributed by atoms with van der Waals surface area (Å²) in [4.78, 5) is 27.4. The van der Waals surface area contributed by atoms with Crippen LogP contribution in [-0.2, 0) is 4.74 Å². The van der Waals surface area contributed by atoms with Crippen molar-refractivity contribution in [3.8, 4) is 11.3 Å². The second kappa shape index (κ2) is 7.90. The Morgan fingerprint density at radius 2 is 1.55 bits per heavy atom. The van der Waals surface area contributed by atoms with Crippen molar-refractivity contribution >= 4 is 34.3 Å². The number of rotatable bonds is 4. The third-order valence-electron chi connectivity index (χ3n) is 4.50. The Kier molecular flexibility index (Phi) is 4.99. The van der Waals surface area contributed by atoms with E-state index in [0.717, 1.165) is 22.2 Å². The Labute approximate surface area is 167 Å². The monoisotopic (exact) mass is 385 g/mol. The summed E-state index contributed by atoms with van der Waals surface area (Å²) in [6.07, 6.45) is 0. The third-order valence-corrected chi connectivity index (χ3v) is 4.50. The zero-order valence-corrected chi connectivity index (χ0v) is 15.7. The minimum Gasteiger partial charge on any atom is -0.465 e. The lowest BCUT2D eigenvalue weighted by molar-refractivity contribution is 0.0600. The van der Waals surface area contributed by atoms with Crippen LogP contribution < -0.4 is 10.6 Å². The quantitative estimate of drug-likeness (QED) is 0.419. The molecule has 0 unspecified atom stereocenters. The summed E-state index contributed by atoms with van der Waals surface area (Å²) >= 11 is 0. The molecular formula is C23H19N3O3. The van der Waals surface area contributed by atoms with Gasteiger partial charge in [-0.15, -0.1) is 0 Å². The summed E-state index contributed by atoms with van der Waals surface area (Å²) in [6.45, 7) is 0. The summed E-state index contributed by atoms with van der Waals surface area (Å²) in [6, 6.07) is 23.9. The highest BCUT2D eigenvalue weighted by Gasteiger charge is 2.09. The fourth-order valence-electron chi connectivity index (χ4n) is 3.13. The number of carbonyl (C=O) groups is 2. The van der Waals surface area contributed by atoms with Crippen molar-refractivity contribution in [2.75, 3.05) is 17.7 Å². The van der Waals surface area contributed by atoms with Gasteiger partial charge in [0, 0.05) is 33.5 Å². The molecule has 144 valence electrons. The van der Waals surface area contributed by atoms with Crippen molar-refractivity contribution in [3.05, 3.63) is 84.4 Å². The number of hydrogen-bond donors (Lipinski definition) is 3. The van der Waals surface area contributed by atoms with Gasteiger partial charge in [-0.25, -0.2) is 9.59 Å². The SMILES string of the molecule is COC(=O)c1cccc(NC(=O)Nc2cccc(-c3cc4ccccc4[nH]3)c2)c1. The molecule has 2 amide bonds. The number of aromatic nitrogens is 1. The number of carbonyl (C=O) groups excluding carboxylic acids is 2. The topological polar surface area (TPSA) is 83.2 Å². The fourth-order valence-corrected chi connectivity index (χ4v) is 3.13. The number of amides is 2. The number of anilines is 2. The number of nitrogens with one attached hydrogen (secondary N) is 3. The molecule has 1 heterocycles. The van der Waals surface area contributed by atoms with Gasteiger partial charge < -0.3 is 20.4 Å². The highest BCUT2D eigenvalue weighted by Crippen LogP contribution is 2.26. The lowest BCUT2D eigenvalue weighted by Crippen LogP contribution is -2.19. The predicted molar refractivity (Wildman–Crippen MR) is 114 cm³/mol. The Morgan fingerprint density at radius 3 is 2.31 bits per heavy atom. The number of para-hydroxylation sites is 1. The molecule has 0 aliphatic heterocycles. The zero-order chi connectivity index (χ0) is 20.2. The molecule has 6 heteroatoms. The zero-order valence-electron chi connectivity index (χ0n) is 15.7. The molecule has 0 radical (unpaired) electrons. The van der Waals surface area contributed by atoms with E-state index in [4.69, 9.17) is 4.74 Å². The molecule has 6 nitrogen and oxygen atoms in total. The molecule has 0 saturated carbocycles. The van der Waals surface area contributed by atoms with Crippen molar-refractivity contribution in [2.45, 2.75) is 0 Å². The van der Waals surface area contributed by atoms with Gasteiger partial charge in [-0.1, -0.05) is 36.4 Å². The number of aromatic amines is 1. The summed E-state index contributed by atoms with van der Waals surface area (Å²) in [5.74, 6) is -0.458. The Bertz CT molecular complexity index is 1160. The van der Waals surface area contributed by atoms with E-state index in [2.05, 4.69) is 21.7 Å². The van der Waals surface area contributed by atoms with Crippen LogP contribution in [0.4, 0.5) is 16.2 Å². The summed E-state index contributed by atoms with van der Waals surface area (Å²) in [7, 11) is 1.31. The van der Waals surface area contributed by atoms with Gasteiger partial charge in [-0.2, -0.15) is 0 Å². The first-order valence-electron chi connectivity index (χ1n) is 9.07. The highest BCUT2D eigenvalue weighted by molar-refractivity contribution is 6.01. The molecule has 4 aromatic rings. The van der Waals surface area contributed by atoms with E-state index in [-0.39, 0.29) is 0 Å². The van der Waals surface area contributed by atoms with E-state index < -0.39 is 12.0 Å². The normalized spacial score (nSPS) is 10.5. The molecule has 0 aliphatic carbocycles. The van der Waals surface area contributed by atoms with Crippen LogP contribution in [0, 0.1) is 0 Å². The van der Waals surface area contributed by atoms with Crippen molar-refractivity contribution < 1.29 is 14.3 Å². The van der Waals surface area contributed by atoms with Gasteiger partial charge >= 0.3 is 12.0 Å². The van der Waals surface area contributed by atoms with Crippen LogP contribution in [0.2, 0.25) is 0 Å². The molecular weight excluding hydrogens is 366 g/mol. The Hall–Kier alpha value is -4.06. The molecule has 1 aromatic heterocycles. The second-order valence-corrected chi connectivity index (χ2v) is 6.50. The average Bonchev–Trinajstić information content (AvgIpc) is 3.18. The highest BCUT2D eigenvalue weighted by atomic mass is 16.5. The lowest BCUT2D eigenvalue weighted by atomic mass is 10.1. The van der Waals surface area contributed by atoms with Gasteiger partial charge in [0.25, 0.3) is 0 Å². The number of benzene rings is 3. The van der Waals surface area contributed by atoms with Crippen molar-refractivity contribution in [1.29, 1.82) is 0 Å². The van der Waals surface area contributed by atoms with E-state index in [1.807, 2.05) is 48.5 Å². The van der Waals surface area contributed by atoms with Crippen LogP contribution in [0.25, 0.3) is 22.2 Å². The number of H-pyrrole nitrogens is 1. The minimum atomic E-state index is -0.458. The van der Waals surface area contributed by atoms with Crippen molar-refractivity contribution in [1.82, 2.24) is 4.98 Å². The molecule has 0 atom stereocenters. The molecule has 0 saturated heterocycles. The maximum absolute atomic E-state index is 12.4. The first-order valence-corrected chi connectivity index (χ1v) is 9.07. The predicted octanol–water partition coefficient (Wildman–Crippen LogP) is 5.27. The van der Waals surface area contributed by atoms with Gasteiger partial charge in [0.15, 0.2) is 0 Å². The molecule has 29 heavy (non-hydrogen) atoms. The molecule has 0 bridgehead atoms. The van der Waals surface area contributed by atoms with E-state index in [1.165, 1.54) is 7.11 Å². The first-order chi connectivity index (χ1) is 14.1. The van der Waals surface area contributed by atoms with E-state index >= 15 is 0 Å². The summed E-state index contributed by atoms with van der Waals surface area (Å²) in [5, 5.41) is 6.67. The van der Waals surface area contributed by atoms with Crippen LogP contribution in [0.15, 0.2) is 78.9 Å². The summed E-state index contributed by atoms with van der Waals surface area (Å²) in [5.41, 5.74) is 4.52. The molecule has 0 aliphatic rings. The maximum Gasteiger partial charge on any atom is 0.337 e. The van der Waals surface area contributed by atoms with Crippen LogP contribution in [-0.4, -0.2) is 24.1 Å². The number of fused-ring (bicyclic) bond motifs is 1. The molecule has 4 rings (SSSR count). The standard InChI is InChI=1S/C23H19N3O3/c1-29-22(27)17-8-5-10-19(13-17)25-23(28)24-18-9-4-7-15(12-18)21-14-16-6-2-3-11-20(16)26-21/h2-14,26H,1H3,(H2,24,25,28). The van der Waals surface area contributed by atoms with Crippen LogP contribution in [0.1, 0.15) is 10.4 Å². The number of methoxy groups -OCH3 is 1. The smallest absolute Gasteiger partial charge is 0.337 e. The Morgan fingerprint density at radius 1 is 0.828 bits per heavy atom. The molecule has 3 N–H and O–H groups in total. The van der Waals surface area contributed by atoms with Gasteiger partial charge in [-0.05, 0) is 42.5 Å². The van der Waals surface area contributed by atoms with E-state index in [9.17, 15) is 9.59 Å². The number of ether oxygens (including phenoxy) is 1. The molecule has 3 aromatic carbocycles. The minimum absolute atomic E-state index is 0.367. The molecule has 0 spiro atoms. The number of esters is 1. The van der Waals surface area contributed by atoms with Gasteiger partial charge in [0.2, 0.25) is 0 Å². The third kappa shape index (κ3) is 4.11. The van der Waals surface area contributed by atoms with E-state index in [0.29, 0.717) is 16.9 Å². The van der Waals surface area contributed by atoms with Gasteiger partial charge in [0.05, 0.1) is 12.7 Å². The van der Waals surface area contributed by atoms with Crippen LogP contribution in [0.3, 0.4) is 0 Å². The first kappa shape index (κ1) is 18.3. The van der Waals surface area contributed by atoms with Gasteiger partial charge in [0.1, 0.15) is 0 Å². The van der Waals surface area contributed by atoms with Gasteiger partial charge in [-0.3, -0.25) is 0 Å². The Balaban J connectivity index is 1.49. The van der Waals surface area contributed by atoms with Crippen LogP contribution in [0.5, 0.6) is 0 Å². The number of hydrogen-bond acceptors (Lipinski definition) is 3. The van der Waals surface area contributed by atoms with Crippen molar-refractivity contribution in [3.63, 3.8) is 0 Å².